The van der Waals surface area contributed by atoms with Crippen molar-refractivity contribution >= 4 is 37.4 Å². The van der Waals surface area contributed by atoms with Crippen LogP contribution in [0.25, 0.3) is 10.1 Å². The maximum Gasteiger partial charge on any atom is 0.263 e. The van der Waals surface area contributed by atoms with E-state index >= 15 is 0 Å². The first-order valence-electron chi connectivity index (χ1n) is 9.58. The summed E-state index contributed by atoms with van der Waals surface area (Å²) in [4.78, 5) is 15.2. The first kappa shape index (κ1) is 21.0. The second kappa shape index (κ2) is 7.77. The average molecular weight is 449 g/mol. The number of aromatic nitrogens is 2. The highest BCUT2D eigenvalue weighted by Crippen LogP contribution is 2.39. The molecule has 0 saturated carbocycles. The molecule has 1 amide bonds. The van der Waals surface area contributed by atoms with Crippen molar-refractivity contribution in [2.45, 2.75) is 24.8 Å². The third kappa shape index (κ3) is 3.43. The van der Waals surface area contributed by atoms with Crippen LogP contribution in [-0.2, 0) is 14.8 Å². The van der Waals surface area contributed by atoms with Crippen molar-refractivity contribution in [2.24, 2.45) is 0 Å². The number of morpholine rings is 1. The van der Waals surface area contributed by atoms with Crippen molar-refractivity contribution in [3.63, 3.8) is 0 Å². The van der Waals surface area contributed by atoms with E-state index in [1.54, 1.807) is 27.9 Å². The largest absolute Gasteiger partial charge is 0.371 e. The Morgan fingerprint density at radius 2 is 2.03 bits per heavy atom. The molecule has 2 aromatic heterocycles. The average Bonchev–Trinajstić information content (AvgIpc) is 3.27. The Labute approximate surface area is 179 Å². The van der Waals surface area contributed by atoms with Gasteiger partial charge in [-0.2, -0.15) is 9.40 Å². The molecule has 1 atom stereocenters. The highest BCUT2D eigenvalue weighted by molar-refractivity contribution is 7.89. The van der Waals surface area contributed by atoms with E-state index in [0.29, 0.717) is 16.3 Å². The van der Waals surface area contributed by atoms with Crippen LogP contribution in [0.3, 0.4) is 0 Å². The van der Waals surface area contributed by atoms with Gasteiger partial charge in [-0.1, -0.05) is 18.2 Å². The van der Waals surface area contributed by atoms with Crippen molar-refractivity contribution in [3.05, 3.63) is 46.1 Å². The number of nitrogens with zero attached hydrogens (tertiary/aromatic N) is 3. The molecular formula is C20H24N4O4S2. The fourth-order valence-corrected chi connectivity index (χ4v) is 6.85. The van der Waals surface area contributed by atoms with E-state index in [1.165, 1.54) is 20.5 Å². The van der Waals surface area contributed by atoms with Crippen molar-refractivity contribution in [1.29, 1.82) is 0 Å². The lowest BCUT2D eigenvalue weighted by atomic mass is 10.0. The molecule has 1 N–H and O–H groups in total. The summed E-state index contributed by atoms with van der Waals surface area (Å²) in [6.07, 6.45) is -0.531. The molecule has 3 aromatic rings. The van der Waals surface area contributed by atoms with E-state index in [1.807, 2.05) is 24.3 Å². The molecule has 160 valence electrons. The number of nitrogens with one attached hydrogen (secondary N) is 1. The van der Waals surface area contributed by atoms with Gasteiger partial charge in [-0.05, 0) is 25.3 Å². The number of hydrogen-bond acceptors (Lipinski definition) is 6. The Bertz CT molecular complexity index is 1190. The van der Waals surface area contributed by atoms with Gasteiger partial charge in [-0.25, -0.2) is 8.42 Å². The summed E-state index contributed by atoms with van der Waals surface area (Å²) in [7, 11) is -0.324. The van der Waals surface area contributed by atoms with Gasteiger partial charge in [0.2, 0.25) is 10.0 Å². The molecule has 0 bridgehead atoms. The summed E-state index contributed by atoms with van der Waals surface area (Å²) in [6.45, 7) is 4.02. The molecule has 3 heterocycles. The number of carbonyl (C=O) groups is 1. The molecule has 0 spiro atoms. The zero-order valence-electron chi connectivity index (χ0n) is 17.3. The van der Waals surface area contributed by atoms with Crippen LogP contribution in [0.15, 0.2) is 29.2 Å². The molecular weight excluding hydrogens is 424 g/mol. The zero-order chi connectivity index (χ0) is 21.6. The van der Waals surface area contributed by atoms with Gasteiger partial charge in [0.15, 0.2) is 0 Å². The first-order chi connectivity index (χ1) is 14.2. The highest BCUT2D eigenvalue weighted by Gasteiger charge is 2.37. The van der Waals surface area contributed by atoms with Gasteiger partial charge >= 0.3 is 0 Å². The lowest BCUT2D eigenvalue weighted by Crippen LogP contribution is -2.42. The lowest BCUT2D eigenvalue weighted by Gasteiger charge is -2.32. The monoisotopic (exact) mass is 448 g/mol. The number of fused-ring (bicyclic) bond motifs is 1. The highest BCUT2D eigenvalue weighted by atomic mass is 32.2. The van der Waals surface area contributed by atoms with E-state index < -0.39 is 16.1 Å². The lowest BCUT2D eigenvalue weighted by molar-refractivity contribution is -0.00205. The fraction of sp³-hybridized carbons (Fsp3) is 0.400. The maximum absolute atomic E-state index is 13.3. The Morgan fingerprint density at radius 3 is 2.70 bits per heavy atom. The number of benzene rings is 1. The zero-order valence-corrected chi connectivity index (χ0v) is 18.9. The summed E-state index contributed by atoms with van der Waals surface area (Å²) in [5.41, 5.74) is 1.72. The van der Waals surface area contributed by atoms with Crippen LogP contribution in [-0.4, -0.2) is 67.5 Å². The number of amides is 1. The van der Waals surface area contributed by atoms with Gasteiger partial charge in [0.1, 0.15) is 4.90 Å². The van der Waals surface area contributed by atoms with Crippen molar-refractivity contribution in [1.82, 2.24) is 19.4 Å². The number of aromatic amines is 1. The molecule has 1 aromatic carbocycles. The normalized spacial score (nSPS) is 18.1. The van der Waals surface area contributed by atoms with E-state index in [4.69, 9.17) is 4.74 Å². The Kier molecular flexibility index (Phi) is 5.43. The number of thiophene rings is 1. The summed E-state index contributed by atoms with van der Waals surface area (Å²) < 4.78 is 35.1. The topological polar surface area (TPSA) is 95.6 Å². The summed E-state index contributed by atoms with van der Waals surface area (Å²) in [5.74, 6) is -0.115. The molecule has 1 fully saturated rings. The van der Waals surface area contributed by atoms with E-state index in [9.17, 15) is 13.2 Å². The number of sulfonamides is 1. The van der Waals surface area contributed by atoms with Gasteiger partial charge < -0.3 is 9.64 Å². The Morgan fingerprint density at radius 1 is 1.30 bits per heavy atom. The summed E-state index contributed by atoms with van der Waals surface area (Å²) >= 11 is 1.41. The Hall–Kier alpha value is -2.27. The van der Waals surface area contributed by atoms with Crippen molar-refractivity contribution < 1.29 is 17.9 Å². The second-order valence-electron chi connectivity index (χ2n) is 7.53. The minimum atomic E-state index is -3.74. The predicted octanol–water partition coefficient (Wildman–Crippen LogP) is 2.71. The van der Waals surface area contributed by atoms with Crippen LogP contribution in [0.2, 0.25) is 0 Å². The van der Waals surface area contributed by atoms with Crippen LogP contribution >= 0.6 is 11.3 Å². The number of H-pyrrole nitrogens is 1. The third-order valence-electron chi connectivity index (χ3n) is 5.24. The minimum Gasteiger partial charge on any atom is -0.371 e. The van der Waals surface area contributed by atoms with Crippen LogP contribution < -0.4 is 0 Å². The smallest absolute Gasteiger partial charge is 0.263 e. The summed E-state index contributed by atoms with van der Waals surface area (Å²) in [6, 6.07) is 7.76. The van der Waals surface area contributed by atoms with E-state index in [0.717, 1.165) is 15.6 Å². The van der Waals surface area contributed by atoms with Crippen molar-refractivity contribution in [2.75, 3.05) is 33.8 Å². The fourth-order valence-electron chi connectivity index (χ4n) is 3.82. The number of ether oxygens (including phenoxy) is 1. The molecule has 1 aliphatic heterocycles. The molecule has 1 aliphatic rings. The number of carbonyl (C=O) groups excluding carboxylic acids is 1. The van der Waals surface area contributed by atoms with Gasteiger partial charge in [0.25, 0.3) is 5.91 Å². The quantitative estimate of drug-likeness (QED) is 0.662. The molecule has 1 saturated heterocycles. The van der Waals surface area contributed by atoms with E-state index in [2.05, 4.69) is 10.2 Å². The van der Waals surface area contributed by atoms with Crippen LogP contribution in [0.5, 0.6) is 0 Å². The van der Waals surface area contributed by atoms with E-state index in [-0.39, 0.29) is 30.5 Å². The van der Waals surface area contributed by atoms with Gasteiger partial charge in [0.05, 0.1) is 29.0 Å². The molecule has 0 aliphatic carbocycles. The molecule has 4 rings (SSSR count). The van der Waals surface area contributed by atoms with Crippen molar-refractivity contribution in [3.8, 4) is 0 Å². The van der Waals surface area contributed by atoms with Gasteiger partial charge in [-0.15, -0.1) is 11.3 Å². The molecule has 0 radical (unpaired) electrons. The Balaban J connectivity index is 1.76. The minimum absolute atomic E-state index is 0.115. The predicted molar refractivity (Wildman–Crippen MR) is 115 cm³/mol. The molecule has 0 unspecified atom stereocenters. The van der Waals surface area contributed by atoms with Crippen LogP contribution in [0.4, 0.5) is 0 Å². The number of hydrogen-bond donors (Lipinski definition) is 1. The van der Waals surface area contributed by atoms with Crippen LogP contribution in [0, 0.1) is 13.8 Å². The molecule has 10 heteroatoms. The second-order valence-corrected chi connectivity index (χ2v) is 10.5. The van der Waals surface area contributed by atoms with Crippen LogP contribution in [0.1, 0.15) is 32.7 Å². The molecule has 30 heavy (non-hydrogen) atoms. The van der Waals surface area contributed by atoms with Gasteiger partial charge in [0, 0.05) is 37.4 Å². The van der Waals surface area contributed by atoms with Gasteiger partial charge in [-0.3, -0.25) is 9.89 Å². The first-order valence-corrected chi connectivity index (χ1v) is 11.8. The number of rotatable bonds is 4. The summed E-state index contributed by atoms with van der Waals surface area (Å²) in [5, 5.41) is 7.70. The molecule has 8 nitrogen and oxygen atoms in total. The standard InChI is InChI=1S/C20H24N4O4S2/c1-12-19(13(2)22-21-12)30(26,27)24-9-10-28-15(11-24)17-14-7-5-6-8-16(14)29-18(17)20(25)23(3)4/h5-8,15H,9-11H2,1-4H3,(H,21,22)/t15-/m1/s1. The SMILES string of the molecule is Cc1n[nH]c(C)c1S(=O)(=O)N1CCO[C@@H](c2c(C(=O)N(C)C)sc3ccccc23)C1. The third-order valence-corrected chi connectivity index (χ3v) is 8.55. The maximum atomic E-state index is 13.3. The number of aryl methyl sites for hydroxylation is 2.